The molecular weight excluding hydrogens is 254 g/mol. The summed E-state index contributed by atoms with van der Waals surface area (Å²) in [6.07, 6.45) is 1.75. The van der Waals surface area contributed by atoms with Gasteiger partial charge in [0, 0.05) is 11.6 Å². The first-order valence-electron chi connectivity index (χ1n) is 5.85. The summed E-state index contributed by atoms with van der Waals surface area (Å²) < 4.78 is 10.2. The lowest BCUT2D eigenvalue weighted by Crippen LogP contribution is -2.37. The van der Waals surface area contributed by atoms with Gasteiger partial charge >= 0.3 is 5.97 Å². The van der Waals surface area contributed by atoms with Crippen molar-refractivity contribution in [2.24, 2.45) is 0 Å². The fourth-order valence-corrected chi connectivity index (χ4v) is 2.49. The van der Waals surface area contributed by atoms with E-state index in [0.29, 0.717) is 5.02 Å². The summed E-state index contributed by atoms with van der Waals surface area (Å²) in [4.78, 5) is 13.7. The Labute approximate surface area is 111 Å². The smallest absolute Gasteiger partial charge is 0.328 e. The van der Waals surface area contributed by atoms with Crippen LogP contribution in [0.25, 0.3) is 0 Å². The molecule has 1 aliphatic heterocycles. The number of rotatable bonds is 3. The first kappa shape index (κ1) is 13.0. The van der Waals surface area contributed by atoms with Crippen molar-refractivity contribution in [3.63, 3.8) is 0 Å². The largest absolute Gasteiger partial charge is 0.495 e. The SMILES string of the molecule is COC(=O)C1CCCN1c1cc(Cl)ccc1OC. The summed E-state index contributed by atoms with van der Waals surface area (Å²) in [7, 11) is 3.02. The quantitative estimate of drug-likeness (QED) is 0.791. The van der Waals surface area contributed by atoms with Crippen LogP contribution in [0.5, 0.6) is 5.75 Å². The number of halogens is 1. The Bertz CT molecular complexity index is 450. The molecule has 0 N–H and O–H groups in total. The summed E-state index contributed by atoms with van der Waals surface area (Å²) >= 11 is 6.01. The number of benzene rings is 1. The van der Waals surface area contributed by atoms with Gasteiger partial charge in [0.25, 0.3) is 0 Å². The first-order valence-corrected chi connectivity index (χ1v) is 6.23. The van der Waals surface area contributed by atoms with Gasteiger partial charge in [-0.3, -0.25) is 0 Å². The van der Waals surface area contributed by atoms with E-state index in [-0.39, 0.29) is 12.0 Å². The van der Waals surface area contributed by atoms with Gasteiger partial charge in [-0.1, -0.05) is 11.6 Å². The Morgan fingerprint density at radius 1 is 1.44 bits per heavy atom. The van der Waals surface area contributed by atoms with E-state index < -0.39 is 0 Å². The van der Waals surface area contributed by atoms with Crippen LogP contribution in [-0.2, 0) is 9.53 Å². The van der Waals surface area contributed by atoms with Gasteiger partial charge in [0.15, 0.2) is 0 Å². The highest BCUT2D eigenvalue weighted by Gasteiger charge is 2.33. The zero-order valence-corrected chi connectivity index (χ0v) is 11.2. The first-order chi connectivity index (χ1) is 8.67. The van der Waals surface area contributed by atoms with Crippen molar-refractivity contribution in [3.05, 3.63) is 23.2 Å². The van der Waals surface area contributed by atoms with Crippen LogP contribution >= 0.6 is 11.6 Å². The zero-order chi connectivity index (χ0) is 13.1. The second kappa shape index (κ2) is 5.48. The van der Waals surface area contributed by atoms with E-state index in [1.807, 2.05) is 17.0 Å². The van der Waals surface area contributed by atoms with Gasteiger partial charge < -0.3 is 14.4 Å². The van der Waals surface area contributed by atoms with E-state index in [2.05, 4.69) is 0 Å². The van der Waals surface area contributed by atoms with Crippen LogP contribution in [0.2, 0.25) is 5.02 Å². The molecule has 1 heterocycles. The molecule has 5 heteroatoms. The van der Waals surface area contributed by atoms with Gasteiger partial charge in [0.2, 0.25) is 0 Å². The Morgan fingerprint density at radius 2 is 2.22 bits per heavy atom. The summed E-state index contributed by atoms with van der Waals surface area (Å²) in [5, 5.41) is 0.626. The molecule has 1 aromatic carbocycles. The molecule has 0 spiro atoms. The molecule has 4 nitrogen and oxygen atoms in total. The number of anilines is 1. The van der Waals surface area contributed by atoms with Gasteiger partial charge in [-0.25, -0.2) is 4.79 Å². The van der Waals surface area contributed by atoms with Crippen LogP contribution in [0.4, 0.5) is 5.69 Å². The Morgan fingerprint density at radius 3 is 2.89 bits per heavy atom. The van der Waals surface area contributed by atoms with E-state index in [4.69, 9.17) is 21.1 Å². The number of carbonyl (C=O) groups excluding carboxylic acids is 1. The minimum atomic E-state index is -0.248. The molecule has 0 aromatic heterocycles. The van der Waals surface area contributed by atoms with Gasteiger partial charge in [-0.2, -0.15) is 0 Å². The highest BCUT2D eigenvalue weighted by Crippen LogP contribution is 2.35. The average Bonchev–Trinajstić information content (AvgIpc) is 2.86. The monoisotopic (exact) mass is 269 g/mol. The maximum absolute atomic E-state index is 11.7. The topological polar surface area (TPSA) is 38.8 Å². The minimum Gasteiger partial charge on any atom is -0.495 e. The third-order valence-corrected chi connectivity index (χ3v) is 3.41. The van der Waals surface area contributed by atoms with Crippen LogP contribution in [0.15, 0.2) is 18.2 Å². The fourth-order valence-electron chi connectivity index (χ4n) is 2.32. The number of hydrogen-bond acceptors (Lipinski definition) is 4. The van der Waals surface area contributed by atoms with Gasteiger partial charge in [-0.15, -0.1) is 0 Å². The van der Waals surface area contributed by atoms with Gasteiger partial charge in [0.05, 0.1) is 19.9 Å². The highest BCUT2D eigenvalue weighted by atomic mass is 35.5. The summed E-state index contributed by atoms with van der Waals surface area (Å²) in [6.45, 7) is 0.802. The van der Waals surface area contributed by atoms with Crippen molar-refractivity contribution in [2.75, 3.05) is 25.7 Å². The standard InChI is InChI=1S/C13H16ClNO3/c1-17-12-6-5-9(14)8-11(12)15-7-3-4-10(15)13(16)18-2/h5-6,8,10H,3-4,7H2,1-2H3. The molecule has 1 atom stereocenters. The minimum absolute atomic E-state index is 0.213. The van der Waals surface area contributed by atoms with Crippen molar-refractivity contribution in [1.82, 2.24) is 0 Å². The number of esters is 1. The summed E-state index contributed by atoms with van der Waals surface area (Å²) in [5.41, 5.74) is 0.845. The van der Waals surface area contributed by atoms with E-state index in [9.17, 15) is 4.79 Å². The van der Waals surface area contributed by atoms with Crippen LogP contribution in [0.1, 0.15) is 12.8 Å². The molecule has 18 heavy (non-hydrogen) atoms. The third-order valence-electron chi connectivity index (χ3n) is 3.18. The molecule has 0 radical (unpaired) electrons. The Hall–Kier alpha value is -1.42. The van der Waals surface area contributed by atoms with E-state index in [1.165, 1.54) is 7.11 Å². The number of methoxy groups -OCH3 is 2. The summed E-state index contributed by atoms with van der Waals surface area (Å²) in [5.74, 6) is 0.504. The second-order valence-corrected chi connectivity index (χ2v) is 4.63. The zero-order valence-electron chi connectivity index (χ0n) is 10.5. The summed E-state index contributed by atoms with van der Waals surface area (Å²) in [6, 6.07) is 5.15. The molecule has 1 aromatic rings. The van der Waals surface area contributed by atoms with Crippen molar-refractivity contribution >= 4 is 23.3 Å². The number of ether oxygens (including phenoxy) is 2. The number of carbonyl (C=O) groups is 1. The van der Waals surface area contributed by atoms with Crippen molar-refractivity contribution in [3.8, 4) is 5.75 Å². The van der Waals surface area contributed by atoms with E-state index in [1.54, 1.807) is 13.2 Å². The Kier molecular flexibility index (Phi) is 3.97. The Balaban J connectivity index is 2.35. The highest BCUT2D eigenvalue weighted by molar-refractivity contribution is 6.31. The molecule has 0 amide bonds. The van der Waals surface area contributed by atoms with Gasteiger partial charge in [0.1, 0.15) is 11.8 Å². The molecule has 0 saturated carbocycles. The molecule has 0 aliphatic carbocycles. The maximum Gasteiger partial charge on any atom is 0.328 e. The molecule has 2 rings (SSSR count). The number of nitrogens with zero attached hydrogens (tertiary/aromatic N) is 1. The van der Waals surface area contributed by atoms with Crippen molar-refractivity contribution < 1.29 is 14.3 Å². The number of hydrogen-bond donors (Lipinski definition) is 0. The fraction of sp³-hybridized carbons (Fsp3) is 0.462. The molecular formula is C13H16ClNO3. The normalized spacial score (nSPS) is 18.8. The predicted octanol–water partition coefficient (Wildman–Crippen LogP) is 2.49. The average molecular weight is 270 g/mol. The predicted molar refractivity (Wildman–Crippen MR) is 70.4 cm³/mol. The third kappa shape index (κ3) is 2.38. The lowest BCUT2D eigenvalue weighted by Gasteiger charge is -2.26. The van der Waals surface area contributed by atoms with Crippen molar-refractivity contribution in [1.29, 1.82) is 0 Å². The van der Waals surface area contributed by atoms with E-state index in [0.717, 1.165) is 30.8 Å². The van der Waals surface area contributed by atoms with Crippen LogP contribution in [-0.4, -0.2) is 32.8 Å². The molecule has 0 bridgehead atoms. The van der Waals surface area contributed by atoms with Crippen LogP contribution < -0.4 is 9.64 Å². The van der Waals surface area contributed by atoms with Crippen LogP contribution in [0.3, 0.4) is 0 Å². The lowest BCUT2D eigenvalue weighted by atomic mass is 10.2. The van der Waals surface area contributed by atoms with Crippen LogP contribution in [0, 0.1) is 0 Å². The molecule has 1 saturated heterocycles. The van der Waals surface area contributed by atoms with Gasteiger partial charge in [-0.05, 0) is 31.0 Å². The second-order valence-electron chi connectivity index (χ2n) is 4.19. The molecule has 1 unspecified atom stereocenters. The maximum atomic E-state index is 11.7. The molecule has 1 fully saturated rings. The molecule has 1 aliphatic rings. The lowest BCUT2D eigenvalue weighted by molar-refractivity contribution is -0.141. The molecule has 98 valence electrons. The van der Waals surface area contributed by atoms with Crippen molar-refractivity contribution in [2.45, 2.75) is 18.9 Å². The van der Waals surface area contributed by atoms with E-state index >= 15 is 0 Å².